The van der Waals surface area contributed by atoms with E-state index in [1.807, 2.05) is 7.05 Å². The summed E-state index contributed by atoms with van der Waals surface area (Å²) >= 11 is 0. The molecule has 3 fully saturated rings. The minimum Gasteiger partial charge on any atom is -0.480 e. The highest BCUT2D eigenvalue weighted by Gasteiger charge is 2.45. The van der Waals surface area contributed by atoms with E-state index in [1.54, 1.807) is 0 Å². The maximum Gasteiger partial charge on any atom is 0.323 e. The molecule has 4 atom stereocenters. The normalized spacial score (nSPS) is 41.5. The van der Waals surface area contributed by atoms with Crippen LogP contribution in [-0.4, -0.2) is 47.2 Å². The fraction of sp³-hybridized carbons (Fsp3) is 0.941. The number of rotatable bonds is 3. The Balaban J connectivity index is 1.74. The molecule has 21 heavy (non-hydrogen) atoms. The average Bonchev–Trinajstić information content (AvgIpc) is 2.54. The van der Waals surface area contributed by atoms with Gasteiger partial charge in [0.15, 0.2) is 0 Å². The molecule has 1 saturated heterocycles. The summed E-state index contributed by atoms with van der Waals surface area (Å²) in [6, 6.07) is 1.20. The van der Waals surface area contributed by atoms with Gasteiger partial charge < -0.3 is 10.4 Å². The van der Waals surface area contributed by atoms with Gasteiger partial charge in [-0.3, -0.25) is 9.69 Å². The lowest BCUT2D eigenvalue weighted by atomic mass is 9.74. The topological polar surface area (TPSA) is 52.6 Å². The van der Waals surface area contributed by atoms with Crippen molar-refractivity contribution in [3.8, 4) is 0 Å². The van der Waals surface area contributed by atoms with Crippen molar-refractivity contribution < 1.29 is 9.90 Å². The largest absolute Gasteiger partial charge is 0.480 e. The summed E-state index contributed by atoms with van der Waals surface area (Å²) in [4.78, 5) is 14.4. The number of fused-ring (bicyclic) bond motifs is 1. The number of hydrogen-bond donors (Lipinski definition) is 2. The first-order chi connectivity index (χ1) is 10.2. The van der Waals surface area contributed by atoms with Crippen LogP contribution in [0.1, 0.15) is 64.2 Å². The monoisotopic (exact) mass is 294 g/mol. The molecule has 1 aliphatic heterocycles. The van der Waals surface area contributed by atoms with Crippen LogP contribution in [0, 0.1) is 5.92 Å². The Morgan fingerprint density at radius 1 is 1.14 bits per heavy atom. The van der Waals surface area contributed by atoms with Gasteiger partial charge in [-0.1, -0.05) is 12.8 Å². The van der Waals surface area contributed by atoms with Gasteiger partial charge in [0.1, 0.15) is 5.54 Å². The molecule has 3 rings (SSSR count). The second kappa shape index (κ2) is 6.25. The lowest BCUT2D eigenvalue weighted by Gasteiger charge is -2.51. The number of hydrogen-bond acceptors (Lipinski definition) is 3. The Morgan fingerprint density at radius 3 is 2.67 bits per heavy atom. The zero-order valence-corrected chi connectivity index (χ0v) is 13.3. The fourth-order valence-electron chi connectivity index (χ4n) is 5.17. The first kappa shape index (κ1) is 15.3. The van der Waals surface area contributed by atoms with Crippen molar-refractivity contribution in [3.05, 3.63) is 0 Å². The third kappa shape index (κ3) is 2.85. The van der Waals surface area contributed by atoms with Gasteiger partial charge in [0.2, 0.25) is 0 Å². The van der Waals surface area contributed by atoms with Gasteiger partial charge in [0.05, 0.1) is 0 Å². The van der Waals surface area contributed by atoms with Crippen LogP contribution >= 0.6 is 0 Å². The number of carboxylic acids is 1. The molecule has 1 heterocycles. The first-order valence-corrected chi connectivity index (χ1v) is 8.84. The highest BCUT2D eigenvalue weighted by atomic mass is 16.4. The standard InChI is InChI=1S/C17H30N2O2/c1-18-17(16(20)21)10-4-8-14(12-17)19-11-5-7-13-6-2-3-9-15(13)19/h13-15,18H,2-12H2,1H3,(H,20,21). The van der Waals surface area contributed by atoms with Crippen molar-refractivity contribution in [1.29, 1.82) is 0 Å². The van der Waals surface area contributed by atoms with E-state index in [4.69, 9.17) is 0 Å². The number of carbonyl (C=O) groups is 1. The van der Waals surface area contributed by atoms with Gasteiger partial charge in [-0.15, -0.1) is 0 Å². The molecule has 4 heteroatoms. The third-order valence-corrected chi connectivity index (χ3v) is 6.37. The van der Waals surface area contributed by atoms with Crippen LogP contribution < -0.4 is 5.32 Å². The summed E-state index contributed by atoms with van der Waals surface area (Å²) in [7, 11) is 1.82. The number of carboxylic acid groups (broad SMARTS) is 1. The summed E-state index contributed by atoms with van der Waals surface area (Å²) in [6.45, 7) is 1.19. The van der Waals surface area contributed by atoms with Crippen LogP contribution in [0.5, 0.6) is 0 Å². The number of likely N-dealkylation sites (tertiary alicyclic amines) is 1. The molecule has 0 spiro atoms. The Hall–Kier alpha value is -0.610. The van der Waals surface area contributed by atoms with E-state index in [0.29, 0.717) is 6.04 Å². The van der Waals surface area contributed by atoms with Gasteiger partial charge >= 0.3 is 5.97 Å². The SMILES string of the molecule is CNC1(C(=O)O)CCCC(N2CCCC3CCCCC32)C1. The minimum absolute atomic E-state index is 0.466. The molecule has 120 valence electrons. The Morgan fingerprint density at radius 2 is 1.90 bits per heavy atom. The molecule has 0 amide bonds. The highest BCUT2D eigenvalue weighted by molar-refractivity contribution is 5.79. The van der Waals surface area contributed by atoms with Crippen molar-refractivity contribution in [1.82, 2.24) is 10.2 Å². The molecule has 0 bridgehead atoms. The second-order valence-electron chi connectivity index (χ2n) is 7.38. The molecule has 2 aliphatic carbocycles. The predicted molar refractivity (Wildman–Crippen MR) is 83.4 cm³/mol. The van der Waals surface area contributed by atoms with Crippen molar-refractivity contribution >= 4 is 5.97 Å². The van der Waals surface area contributed by atoms with E-state index in [9.17, 15) is 9.90 Å². The number of likely N-dealkylation sites (N-methyl/N-ethyl adjacent to an activating group) is 1. The lowest BCUT2D eigenvalue weighted by Crippen LogP contribution is -2.60. The first-order valence-electron chi connectivity index (χ1n) is 8.84. The van der Waals surface area contributed by atoms with Crippen LogP contribution in [-0.2, 0) is 4.79 Å². The van der Waals surface area contributed by atoms with E-state index < -0.39 is 11.5 Å². The summed E-state index contributed by atoms with van der Waals surface area (Å²) in [6.07, 6.45) is 12.0. The molecule has 3 aliphatic rings. The van der Waals surface area contributed by atoms with E-state index in [1.165, 1.54) is 51.5 Å². The molecule has 4 unspecified atom stereocenters. The van der Waals surface area contributed by atoms with E-state index in [0.717, 1.165) is 31.2 Å². The molecule has 4 nitrogen and oxygen atoms in total. The van der Waals surface area contributed by atoms with Crippen LogP contribution in [0.25, 0.3) is 0 Å². The number of nitrogens with one attached hydrogen (secondary N) is 1. The Bertz CT molecular complexity index is 385. The van der Waals surface area contributed by atoms with E-state index in [2.05, 4.69) is 10.2 Å². The molecule has 0 aromatic carbocycles. The van der Waals surface area contributed by atoms with Crippen LogP contribution in [0.3, 0.4) is 0 Å². The Kier molecular flexibility index (Phi) is 4.55. The summed E-state index contributed by atoms with van der Waals surface area (Å²) in [5, 5.41) is 12.8. The lowest BCUT2D eigenvalue weighted by molar-refractivity contribution is -0.147. The molecule has 0 radical (unpaired) electrons. The fourth-order valence-corrected chi connectivity index (χ4v) is 5.17. The van der Waals surface area contributed by atoms with Crippen molar-refractivity contribution in [2.24, 2.45) is 5.92 Å². The minimum atomic E-state index is -0.690. The molecule has 0 aromatic heterocycles. The zero-order valence-electron chi connectivity index (χ0n) is 13.3. The van der Waals surface area contributed by atoms with E-state index >= 15 is 0 Å². The van der Waals surface area contributed by atoms with Crippen molar-refractivity contribution in [2.45, 2.75) is 81.8 Å². The van der Waals surface area contributed by atoms with Gasteiger partial charge in [0, 0.05) is 12.1 Å². The number of aliphatic carboxylic acids is 1. The van der Waals surface area contributed by atoms with Crippen molar-refractivity contribution in [3.63, 3.8) is 0 Å². The maximum absolute atomic E-state index is 11.7. The molecule has 2 saturated carbocycles. The van der Waals surface area contributed by atoms with Gasteiger partial charge in [-0.2, -0.15) is 0 Å². The molecule has 2 N–H and O–H groups in total. The van der Waals surface area contributed by atoms with Crippen molar-refractivity contribution in [2.75, 3.05) is 13.6 Å². The smallest absolute Gasteiger partial charge is 0.323 e. The van der Waals surface area contributed by atoms with E-state index in [-0.39, 0.29) is 0 Å². The third-order valence-electron chi connectivity index (χ3n) is 6.37. The van der Waals surface area contributed by atoms with Gasteiger partial charge in [-0.25, -0.2) is 0 Å². The van der Waals surface area contributed by atoms with Gasteiger partial charge in [-0.05, 0) is 70.9 Å². The van der Waals surface area contributed by atoms with Crippen LogP contribution in [0.2, 0.25) is 0 Å². The highest BCUT2D eigenvalue weighted by Crippen LogP contribution is 2.40. The number of piperidine rings is 1. The zero-order chi connectivity index (χ0) is 14.9. The van der Waals surface area contributed by atoms with Crippen LogP contribution in [0.4, 0.5) is 0 Å². The Labute approximate surface area is 128 Å². The van der Waals surface area contributed by atoms with Crippen LogP contribution in [0.15, 0.2) is 0 Å². The number of nitrogens with zero attached hydrogens (tertiary/aromatic N) is 1. The molecule has 0 aromatic rings. The average molecular weight is 294 g/mol. The molecular formula is C17H30N2O2. The summed E-state index contributed by atoms with van der Waals surface area (Å²) in [5.74, 6) is 0.218. The maximum atomic E-state index is 11.7. The van der Waals surface area contributed by atoms with Gasteiger partial charge in [0.25, 0.3) is 0 Å². The quantitative estimate of drug-likeness (QED) is 0.840. The summed E-state index contributed by atoms with van der Waals surface area (Å²) < 4.78 is 0. The summed E-state index contributed by atoms with van der Waals surface area (Å²) in [5.41, 5.74) is -0.690. The second-order valence-corrected chi connectivity index (χ2v) is 7.38. The molecular weight excluding hydrogens is 264 g/mol. The predicted octanol–water partition coefficient (Wildman–Crippen LogP) is 2.63.